The Morgan fingerprint density at radius 3 is 2.68 bits per heavy atom. The van der Waals surface area contributed by atoms with Gasteiger partial charge < -0.3 is 14.2 Å². The lowest BCUT2D eigenvalue weighted by Gasteiger charge is -2.15. The third kappa shape index (κ3) is 4.93. The predicted molar refractivity (Wildman–Crippen MR) is 121 cm³/mol. The van der Waals surface area contributed by atoms with Crippen molar-refractivity contribution in [3.8, 4) is 11.5 Å². The molecule has 0 radical (unpaired) electrons. The molecule has 0 aliphatic carbocycles. The van der Waals surface area contributed by atoms with Crippen LogP contribution in [-0.2, 0) is 16.0 Å². The van der Waals surface area contributed by atoms with Gasteiger partial charge in [0.25, 0.3) is 5.56 Å². The van der Waals surface area contributed by atoms with E-state index in [0.717, 1.165) is 4.47 Å². The Bertz CT molecular complexity index is 1210. The van der Waals surface area contributed by atoms with E-state index < -0.39 is 12.1 Å². The molecule has 1 aromatic heterocycles. The number of nitrogens with zero attached hydrogens (tertiary/aromatic N) is 3. The highest BCUT2D eigenvalue weighted by Gasteiger charge is 2.17. The first-order valence-corrected chi connectivity index (χ1v) is 10.3. The van der Waals surface area contributed by atoms with E-state index in [1.165, 1.54) is 18.9 Å². The van der Waals surface area contributed by atoms with E-state index >= 15 is 0 Å². The van der Waals surface area contributed by atoms with Crippen LogP contribution < -0.4 is 15.0 Å². The number of hydrogen-bond acceptors (Lipinski definition) is 7. The van der Waals surface area contributed by atoms with Crippen LogP contribution in [0.25, 0.3) is 10.9 Å². The number of ether oxygens (including phenoxy) is 3. The van der Waals surface area contributed by atoms with Crippen molar-refractivity contribution in [1.29, 1.82) is 0 Å². The molecule has 0 aliphatic rings. The summed E-state index contributed by atoms with van der Waals surface area (Å²) >= 11 is 3.39. The molecule has 2 aromatic carbocycles. The first-order valence-electron chi connectivity index (χ1n) is 9.56. The largest absolute Gasteiger partial charge is 0.493 e. The van der Waals surface area contributed by atoms with Crippen LogP contribution in [-0.4, -0.2) is 42.2 Å². The van der Waals surface area contributed by atoms with Gasteiger partial charge in [0.1, 0.15) is 5.82 Å². The van der Waals surface area contributed by atoms with Crippen molar-refractivity contribution >= 4 is 39.0 Å². The van der Waals surface area contributed by atoms with Crippen molar-refractivity contribution in [3.05, 3.63) is 62.6 Å². The van der Waals surface area contributed by atoms with Crippen LogP contribution in [0.4, 0.5) is 0 Å². The molecule has 0 spiro atoms. The van der Waals surface area contributed by atoms with Gasteiger partial charge in [0.2, 0.25) is 0 Å². The highest BCUT2D eigenvalue weighted by molar-refractivity contribution is 9.10. The van der Waals surface area contributed by atoms with Gasteiger partial charge in [0.05, 0.1) is 31.3 Å². The van der Waals surface area contributed by atoms with Crippen LogP contribution in [0.5, 0.6) is 11.5 Å². The molecule has 1 heterocycles. The second-order valence-corrected chi connectivity index (χ2v) is 7.51. The molecule has 8 nitrogen and oxygen atoms in total. The van der Waals surface area contributed by atoms with Gasteiger partial charge in [0.15, 0.2) is 17.6 Å². The summed E-state index contributed by atoms with van der Waals surface area (Å²) in [5.74, 6) is 0.869. The number of benzene rings is 2. The van der Waals surface area contributed by atoms with Gasteiger partial charge in [-0.3, -0.25) is 4.79 Å². The lowest BCUT2D eigenvalue weighted by Crippen LogP contribution is -2.25. The molecule has 3 rings (SSSR count). The zero-order valence-corrected chi connectivity index (χ0v) is 19.2. The molecule has 0 fully saturated rings. The van der Waals surface area contributed by atoms with E-state index in [1.54, 1.807) is 43.5 Å². The fourth-order valence-electron chi connectivity index (χ4n) is 2.93. The van der Waals surface area contributed by atoms with Crippen LogP contribution in [0.1, 0.15) is 25.2 Å². The summed E-state index contributed by atoms with van der Waals surface area (Å²) in [6.07, 6.45) is 1.30. The third-order valence-electron chi connectivity index (χ3n) is 4.54. The number of aromatic nitrogens is 2. The van der Waals surface area contributed by atoms with E-state index in [1.807, 2.05) is 13.0 Å². The topological polar surface area (TPSA) is 92.0 Å². The Kier molecular flexibility index (Phi) is 7.06. The molecule has 3 aromatic rings. The third-order valence-corrected chi connectivity index (χ3v) is 5.03. The number of esters is 1. The van der Waals surface area contributed by atoms with Crippen molar-refractivity contribution in [2.45, 2.75) is 26.4 Å². The minimum Gasteiger partial charge on any atom is -0.493 e. The van der Waals surface area contributed by atoms with Crippen molar-refractivity contribution in [3.63, 3.8) is 0 Å². The number of fused-ring (bicyclic) bond motifs is 1. The lowest BCUT2D eigenvalue weighted by molar-refractivity contribution is -0.147. The van der Waals surface area contributed by atoms with Gasteiger partial charge >= 0.3 is 5.97 Å². The van der Waals surface area contributed by atoms with Crippen LogP contribution in [0.15, 0.2) is 50.8 Å². The molecule has 0 saturated heterocycles. The Morgan fingerprint density at radius 1 is 1.23 bits per heavy atom. The van der Waals surface area contributed by atoms with E-state index in [-0.39, 0.29) is 5.56 Å². The zero-order valence-electron chi connectivity index (χ0n) is 17.6. The Morgan fingerprint density at radius 2 is 2.00 bits per heavy atom. The summed E-state index contributed by atoms with van der Waals surface area (Å²) in [6.45, 7) is 3.50. The fourth-order valence-corrected chi connectivity index (χ4v) is 3.29. The first-order chi connectivity index (χ1) is 14.9. The number of methoxy groups -OCH3 is 2. The molecule has 0 N–H and O–H groups in total. The number of rotatable bonds is 7. The summed E-state index contributed by atoms with van der Waals surface area (Å²) in [4.78, 5) is 29.1. The molecular formula is C22H22BrN3O5. The zero-order chi connectivity index (χ0) is 22.5. The molecule has 31 heavy (non-hydrogen) atoms. The van der Waals surface area contributed by atoms with Crippen molar-refractivity contribution in [2.75, 3.05) is 14.2 Å². The van der Waals surface area contributed by atoms with Gasteiger partial charge in [-0.15, -0.1) is 0 Å². The Hall–Kier alpha value is -3.20. The maximum atomic E-state index is 13.0. The summed E-state index contributed by atoms with van der Waals surface area (Å²) in [5.41, 5.74) is 1.05. The summed E-state index contributed by atoms with van der Waals surface area (Å²) in [5, 5.41) is 4.84. The molecular weight excluding hydrogens is 466 g/mol. The average Bonchev–Trinajstić information content (AvgIpc) is 2.78. The maximum Gasteiger partial charge on any atom is 0.346 e. The summed E-state index contributed by atoms with van der Waals surface area (Å²) < 4.78 is 17.7. The maximum absolute atomic E-state index is 13.0. The molecule has 0 unspecified atom stereocenters. The van der Waals surface area contributed by atoms with Crippen molar-refractivity contribution in [2.24, 2.45) is 5.10 Å². The highest BCUT2D eigenvalue weighted by atomic mass is 79.9. The normalized spacial score (nSPS) is 12.2. The first kappa shape index (κ1) is 22.5. The number of carbonyl (C=O) groups is 1. The number of carbonyl (C=O) groups excluding carboxylic acids is 1. The van der Waals surface area contributed by atoms with E-state index in [9.17, 15) is 9.59 Å². The smallest absolute Gasteiger partial charge is 0.346 e. The summed E-state index contributed by atoms with van der Waals surface area (Å²) in [7, 11) is 2.79. The van der Waals surface area contributed by atoms with Crippen LogP contribution >= 0.6 is 15.9 Å². The second-order valence-electron chi connectivity index (χ2n) is 6.60. The van der Waals surface area contributed by atoms with E-state index in [4.69, 9.17) is 9.47 Å². The average molecular weight is 488 g/mol. The monoisotopic (exact) mass is 487 g/mol. The summed E-state index contributed by atoms with van der Waals surface area (Å²) in [6, 6.07) is 10.5. The quantitative estimate of drug-likeness (QED) is 0.373. The number of halogens is 1. The van der Waals surface area contributed by atoms with Gasteiger partial charge in [-0.05, 0) is 48.9 Å². The van der Waals surface area contributed by atoms with E-state index in [2.05, 4.69) is 30.8 Å². The molecule has 162 valence electrons. The predicted octanol–water partition coefficient (Wildman–Crippen LogP) is 3.55. The Balaban J connectivity index is 1.96. The minimum atomic E-state index is -0.785. The van der Waals surface area contributed by atoms with Crippen molar-refractivity contribution in [1.82, 2.24) is 9.66 Å². The standard InChI is InChI=1S/C22H22BrN3O5/c1-5-20-25-17-8-7-15(23)11-16(17)21(27)26(20)24-12-14-6-9-18(19(10-14)29-3)31-13(2)22(28)30-4/h6-13H,5H2,1-4H3/t13-/m0/s1. The number of hydrogen-bond donors (Lipinski definition) is 0. The van der Waals surface area contributed by atoms with Crippen molar-refractivity contribution < 1.29 is 19.0 Å². The van der Waals surface area contributed by atoms with Crippen LogP contribution in [0.2, 0.25) is 0 Å². The van der Waals surface area contributed by atoms with Crippen LogP contribution in [0, 0.1) is 0 Å². The lowest BCUT2D eigenvalue weighted by atomic mass is 10.2. The molecule has 9 heteroatoms. The van der Waals surface area contributed by atoms with Gasteiger partial charge in [0, 0.05) is 10.9 Å². The Labute approximate surface area is 187 Å². The number of aryl methyl sites for hydroxylation is 1. The SMILES string of the molecule is CCc1nc2ccc(Br)cc2c(=O)n1N=Cc1ccc(O[C@@H](C)C(=O)OC)c(OC)c1. The minimum absolute atomic E-state index is 0.252. The molecule has 1 atom stereocenters. The molecule has 0 bridgehead atoms. The second kappa shape index (κ2) is 9.74. The van der Waals surface area contributed by atoms with Gasteiger partial charge in [-0.1, -0.05) is 22.9 Å². The van der Waals surface area contributed by atoms with Gasteiger partial charge in [-0.25, -0.2) is 9.78 Å². The van der Waals surface area contributed by atoms with E-state index in [0.29, 0.717) is 40.2 Å². The fraction of sp³-hybridized carbons (Fsp3) is 0.273. The molecule has 0 saturated carbocycles. The van der Waals surface area contributed by atoms with Crippen LogP contribution in [0.3, 0.4) is 0 Å². The molecule has 0 amide bonds. The molecule has 0 aliphatic heterocycles. The highest BCUT2D eigenvalue weighted by Crippen LogP contribution is 2.28. The van der Waals surface area contributed by atoms with Gasteiger partial charge in [-0.2, -0.15) is 9.78 Å².